The third kappa shape index (κ3) is 2.41. The summed E-state index contributed by atoms with van der Waals surface area (Å²) < 4.78 is 38.4. The molecule has 18 heavy (non-hydrogen) atoms. The Labute approximate surface area is 102 Å². The number of benzene rings is 1. The van der Waals surface area contributed by atoms with Gasteiger partial charge in [0.15, 0.2) is 5.60 Å². The molecule has 1 N–H and O–H groups in total. The average Bonchev–Trinajstić information content (AvgIpc) is 2.27. The minimum absolute atomic E-state index is 0.0579. The maximum atomic E-state index is 12.8. The van der Waals surface area contributed by atoms with Gasteiger partial charge in [-0.05, 0) is 17.9 Å². The molecule has 1 aromatic rings. The zero-order chi connectivity index (χ0) is 13.4. The Morgan fingerprint density at radius 2 is 1.83 bits per heavy atom. The predicted octanol–water partition coefficient (Wildman–Crippen LogP) is 2.82. The van der Waals surface area contributed by atoms with E-state index >= 15 is 0 Å². The largest absolute Gasteiger partial charge is 0.417 e. The van der Waals surface area contributed by atoms with Crippen molar-refractivity contribution in [2.75, 3.05) is 0 Å². The van der Waals surface area contributed by atoms with Gasteiger partial charge in [0.1, 0.15) is 5.78 Å². The maximum absolute atomic E-state index is 12.8. The molecule has 0 aromatic heterocycles. The number of carbonyl (C=O) groups is 1. The Morgan fingerprint density at radius 3 is 2.39 bits per heavy atom. The first kappa shape index (κ1) is 13.1. The second-order valence-corrected chi connectivity index (χ2v) is 4.76. The summed E-state index contributed by atoms with van der Waals surface area (Å²) in [6, 6.07) is 8.53. The number of aliphatic hydroxyl groups is 1. The first-order valence-electron chi connectivity index (χ1n) is 5.67. The predicted molar refractivity (Wildman–Crippen MR) is 59.0 cm³/mol. The molecule has 2 rings (SSSR count). The van der Waals surface area contributed by atoms with E-state index in [2.05, 4.69) is 0 Å². The second kappa shape index (κ2) is 4.39. The van der Waals surface area contributed by atoms with E-state index in [9.17, 15) is 23.1 Å². The van der Waals surface area contributed by atoms with Crippen LogP contribution in [-0.2, 0) is 4.79 Å². The van der Waals surface area contributed by atoms with E-state index in [0.29, 0.717) is 5.56 Å². The van der Waals surface area contributed by atoms with E-state index in [1.54, 1.807) is 30.3 Å². The van der Waals surface area contributed by atoms with Crippen molar-refractivity contribution >= 4 is 5.78 Å². The fraction of sp³-hybridized carbons (Fsp3) is 0.462. The third-order valence-corrected chi connectivity index (χ3v) is 3.35. The topological polar surface area (TPSA) is 37.3 Å². The van der Waals surface area contributed by atoms with E-state index in [0.717, 1.165) is 0 Å². The Kier molecular flexibility index (Phi) is 3.19. The lowest BCUT2D eigenvalue weighted by molar-refractivity contribution is -0.267. The molecular formula is C13H13F3O2. The van der Waals surface area contributed by atoms with Gasteiger partial charge in [0, 0.05) is 12.8 Å². The number of hydrogen-bond donors (Lipinski definition) is 1. The Hall–Kier alpha value is -1.36. The molecule has 0 spiro atoms. The van der Waals surface area contributed by atoms with Crippen LogP contribution in [0.4, 0.5) is 13.2 Å². The van der Waals surface area contributed by atoms with Crippen molar-refractivity contribution in [2.24, 2.45) is 0 Å². The van der Waals surface area contributed by atoms with E-state index in [4.69, 9.17) is 0 Å². The van der Waals surface area contributed by atoms with Crippen LogP contribution in [0, 0.1) is 0 Å². The SMILES string of the molecule is O=C1C[C@H](c2ccccc2)C[C@@](O)(C(F)(F)F)C1. The van der Waals surface area contributed by atoms with Crippen molar-refractivity contribution in [2.45, 2.75) is 37.0 Å². The van der Waals surface area contributed by atoms with Crippen LogP contribution in [0.3, 0.4) is 0 Å². The van der Waals surface area contributed by atoms with Gasteiger partial charge in [-0.25, -0.2) is 0 Å². The molecule has 0 unspecified atom stereocenters. The van der Waals surface area contributed by atoms with Crippen molar-refractivity contribution in [3.05, 3.63) is 35.9 Å². The normalized spacial score (nSPS) is 29.3. The minimum Gasteiger partial charge on any atom is -0.380 e. The minimum atomic E-state index is -4.77. The van der Waals surface area contributed by atoms with Gasteiger partial charge in [-0.2, -0.15) is 13.2 Å². The van der Waals surface area contributed by atoms with Crippen molar-refractivity contribution < 1.29 is 23.1 Å². The van der Waals surface area contributed by atoms with Gasteiger partial charge >= 0.3 is 6.18 Å². The summed E-state index contributed by atoms with van der Waals surface area (Å²) >= 11 is 0. The first-order chi connectivity index (χ1) is 8.32. The van der Waals surface area contributed by atoms with Crippen LogP contribution < -0.4 is 0 Å². The molecule has 0 bridgehead atoms. The molecule has 1 fully saturated rings. The number of carbonyl (C=O) groups excluding carboxylic acids is 1. The lowest BCUT2D eigenvalue weighted by Gasteiger charge is -2.37. The van der Waals surface area contributed by atoms with Gasteiger partial charge in [-0.3, -0.25) is 4.79 Å². The molecule has 1 aliphatic carbocycles. The number of hydrogen-bond acceptors (Lipinski definition) is 2. The summed E-state index contributed by atoms with van der Waals surface area (Å²) in [4.78, 5) is 11.4. The molecule has 0 amide bonds. The highest BCUT2D eigenvalue weighted by atomic mass is 19.4. The quantitative estimate of drug-likeness (QED) is 0.841. The van der Waals surface area contributed by atoms with Crippen molar-refractivity contribution in [3.63, 3.8) is 0 Å². The number of rotatable bonds is 1. The highest BCUT2D eigenvalue weighted by Gasteiger charge is 2.57. The van der Waals surface area contributed by atoms with Gasteiger partial charge in [0.05, 0.1) is 0 Å². The van der Waals surface area contributed by atoms with E-state index in [1.807, 2.05) is 0 Å². The Morgan fingerprint density at radius 1 is 1.22 bits per heavy atom. The number of Topliss-reactive ketones (excluding diaryl/α,β-unsaturated/α-hetero) is 1. The first-order valence-corrected chi connectivity index (χ1v) is 5.67. The molecule has 5 heteroatoms. The number of halogens is 3. The second-order valence-electron chi connectivity index (χ2n) is 4.76. The smallest absolute Gasteiger partial charge is 0.380 e. The molecular weight excluding hydrogens is 245 g/mol. The zero-order valence-electron chi connectivity index (χ0n) is 9.57. The fourth-order valence-electron chi connectivity index (χ4n) is 2.40. The Bertz CT molecular complexity index is 441. The van der Waals surface area contributed by atoms with Crippen molar-refractivity contribution in [1.29, 1.82) is 0 Å². The lowest BCUT2D eigenvalue weighted by atomic mass is 9.74. The fourth-order valence-corrected chi connectivity index (χ4v) is 2.40. The summed E-state index contributed by atoms with van der Waals surface area (Å²) in [7, 11) is 0. The van der Waals surface area contributed by atoms with Crippen LogP contribution in [-0.4, -0.2) is 22.7 Å². The molecule has 2 nitrogen and oxygen atoms in total. The maximum Gasteiger partial charge on any atom is 0.417 e. The van der Waals surface area contributed by atoms with Crippen LogP contribution in [0.2, 0.25) is 0 Å². The van der Waals surface area contributed by atoms with E-state index in [-0.39, 0.29) is 6.42 Å². The molecule has 98 valence electrons. The van der Waals surface area contributed by atoms with Gasteiger partial charge < -0.3 is 5.11 Å². The molecule has 2 atom stereocenters. The lowest BCUT2D eigenvalue weighted by Crippen LogP contribution is -2.50. The standard InChI is InChI=1S/C13H13F3O2/c14-13(15,16)12(18)7-10(6-11(17)8-12)9-4-2-1-3-5-9/h1-5,10,18H,6-8H2/t10-,12-/m0/s1. The summed E-state index contributed by atoms with van der Waals surface area (Å²) in [6.07, 6.45) is -6.00. The highest BCUT2D eigenvalue weighted by Crippen LogP contribution is 2.45. The van der Waals surface area contributed by atoms with E-state index in [1.165, 1.54) is 0 Å². The molecule has 0 heterocycles. The summed E-state index contributed by atoms with van der Waals surface area (Å²) in [5, 5.41) is 9.66. The average molecular weight is 258 g/mol. The van der Waals surface area contributed by atoms with Crippen molar-refractivity contribution in [1.82, 2.24) is 0 Å². The van der Waals surface area contributed by atoms with Crippen LogP contribution >= 0.6 is 0 Å². The van der Waals surface area contributed by atoms with E-state index < -0.39 is 36.3 Å². The molecule has 0 radical (unpaired) electrons. The molecule has 0 aliphatic heterocycles. The zero-order valence-corrected chi connectivity index (χ0v) is 9.57. The van der Waals surface area contributed by atoms with Gasteiger partial charge in [-0.1, -0.05) is 30.3 Å². The van der Waals surface area contributed by atoms with Crippen LogP contribution in [0.1, 0.15) is 30.7 Å². The molecule has 1 aromatic carbocycles. The number of alkyl halides is 3. The van der Waals surface area contributed by atoms with Gasteiger partial charge in [-0.15, -0.1) is 0 Å². The summed E-state index contributed by atoms with van der Waals surface area (Å²) in [5.74, 6) is -1.12. The Balaban J connectivity index is 2.28. The van der Waals surface area contributed by atoms with Gasteiger partial charge in [0.2, 0.25) is 0 Å². The number of ketones is 1. The van der Waals surface area contributed by atoms with Crippen LogP contribution in [0.25, 0.3) is 0 Å². The summed E-state index contributed by atoms with van der Waals surface area (Å²) in [6.45, 7) is 0. The monoisotopic (exact) mass is 258 g/mol. The van der Waals surface area contributed by atoms with Crippen LogP contribution in [0.15, 0.2) is 30.3 Å². The highest BCUT2D eigenvalue weighted by molar-refractivity contribution is 5.81. The molecule has 0 saturated heterocycles. The van der Waals surface area contributed by atoms with Crippen LogP contribution in [0.5, 0.6) is 0 Å². The third-order valence-electron chi connectivity index (χ3n) is 3.35. The van der Waals surface area contributed by atoms with Gasteiger partial charge in [0.25, 0.3) is 0 Å². The molecule has 1 aliphatic rings. The van der Waals surface area contributed by atoms with Crippen molar-refractivity contribution in [3.8, 4) is 0 Å². The molecule has 1 saturated carbocycles. The summed E-state index contributed by atoms with van der Waals surface area (Å²) in [5.41, 5.74) is -2.23.